The number of amides is 3. The Morgan fingerprint density at radius 3 is 2.75 bits per heavy atom. The summed E-state index contributed by atoms with van der Waals surface area (Å²) in [5.41, 5.74) is -2.46. The number of imide groups is 1. The molecule has 3 unspecified atom stereocenters. The average Bonchev–Trinajstić information content (AvgIpc) is 3.12. The van der Waals surface area contributed by atoms with Gasteiger partial charge in [0.1, 0.15) is 11.9 Å². The Balaban J connectivity index is 1.55. The number of nitrogens with zero attached hydrogens (tertiary/aromatic N) is 2. The Hall–Kier alpha value is -3.30. The first-order valence-electron chi connectivity index (χ1n) is 17.1. The molecule has 2 saturated heterocycles. The van der Waals surface area contributed by atoms with E-state index in [1.165, 1.54) is 18.2 Å². The van der Waals surface area contributed by atoms with Crippen molar-refractivity contribution in [3.8, 4) is 0 Å². The molecule has 0 aliphatic carbocycles. The number of hydrogen-bond donors (Lipinski definition) is 2. The van der Waals surface area contributed by atoms with E-state index in [9.17, 15) is 14.4 Å². The molecule has 0 bridgehead atoms. The van der Waals surface area contributed by atoms with Gasteiger partial charge in [0.05, 0.1) is 20.4 Å². The number of fused-ring (bicyclic) bond motifs is 1. The van der Waals surface area contributed by atoms with Crippen LogP contribution < -0.4 is 10.6 Å². The van der Waals surface area contributed by atoms with E-state index in [0.717, 1.165) is 19.9 Å². The van der Waals surface area contributed by atoms with E-state index in [0.29, 0.717) is 17.0 Å². The Morgan fingerprint density at radius 2 is 2.00 bits per heavy atom. The molecule has 8 nitrogen and oxygen atoms in total. The number of nitrogens with one attached hydrogen (secondary N) is 2. The van der Waals surface area contributed by atoms with Gasteiger partial charge in [0.15, 0.2) is 0 Å². The van der Waals surface area contributed by atoms with Gasteiger partial charge in [-0.1, -0.05) is 12.1 Å². The van der Waals surface area contributed by atoms with E-state index in [1.807, 2.05) is 0 Å². The van der Waals surface area contributed by atoms with Gasteiger partial charge in [-0.2, -0.15) is 0 Å². The third-order valence-corrected chi connectivity index (χ3v) is 5.65. The molecule has 3 atom stereocenters. The number of morpholine rings is 1. The molecular weight excluding hydrogens is 463 g/mol. The molecule has 3 aliphatic rings. The van der Waals surface area contributed by atoms with Crippen molar-refractivity contribution in [2.24, 2.45) is 0 Å². The number of ether oxygens (including phenoxy) is 1. The van der Waals surface area contributed by atoms with Crippen LogP contribution in [0, 0.1) is 5.82 Å². The van der Waals surface area contributed by atoms with Gasteiger partial charge in [-0.05, 0) is 50.1 Å². The van der Waals surface area contributed by atoms with E-state index >= 15 is 4.39 Å². The van der Waals surface area contributed by atoms with Crippen LogP contribution in [0.4, 0.5) is 10.1 Å². The third kappa shape index (κ3) is 4.99. The van der Waals surface area contributed by atoms with Crippen LogP contribution in [0.1, 0.15) is 70.2 Å². The summed E-state index contributed by atoms with van der Waals surface area (Å²) >= 11 is 0. The Morgan fingerprint density at radius 1 is 1.22 bits per heavy atom. The van der Waals surface area contributed by atoms with Gasteiger partial charge in [0.2, 0.25) is 11.8 Å². The molecule has 0 spiro atoms. The van der Waals surface area contributed by atoms with Crippen LogP contribution in [0.15, 0.2) is 36.4 Å². The van der Waals surface area contributed by atoms with E-state index in [2.05, 4.69) is 10.6 Å². The van der Waals surface area contributed by atoms with Crippen molar-refractivity contribution in [1.29, 1.82) is 0 Å². The number of benzene rings is 2. The maximum atomic E-state index is 15.4. The molecule has 2 aromatic rings. The smallest absolute Gasteiger partial charge is 0.255 e. The maximum Gasteiger partial charge on any atom is 0.255 e. The van der Waals surface area contributed by atoms with E-state index in [4.69, 9.17) is 21.2 Å². The van der Waals surface area contributed by atoms with E-state index in [-0.39, 0.29) is 34.6 Å². The summed E-state index contributed by atoms with van der Waals surface area (Å²) in [6.07, 6.45) is -5.66. The van der Waals surface area contributed by atoms with Gasteiger partial charge >= 0.3 is 0 Å². The second kappa shape index (κ2) is 9.99. The minimum atomic E-state index is -3.25. The molecule has 36 heavy (non-hydrogen) atoms. The predicted octanol–water partition coefficient (Wildman–Crippen LogP) is 2.81. The van der Waals surface area contributed by atoms with Crippen molar-refractivity contribution in [1.82, 2.24) is 15.1 Å². The topological polar surface area (TPSA) is 91.0 Å². The summed E-state index contributed by atoms with van der Waals surface area (Å²) in [6.45, 7) is -13.7. The largest absolute Gasteiger partial charge is 0.381 e. The standard InChI is InChI=1S/C27H31FN4O4/c1-16-12-31(13-17(2)36-16)14-18-6-7-22(28)19(10-18)11-29-23-5-3-4-20-21(23)15-32(27(20)35)24-8-9-25(33)30-26(24)34/h3-7,10,16-17,24,29H,8-9,11-15H2,1-2H3,(H,30,33,34)/i11D2,12D2,13D2,14D2,15D2,16D,17D. The molecule has 0 aromatic heterocycles. The lowest BCUT2D eigenvalue weighted by atomic mass is 10.0. The summed E-state index contributed by atoms with van der Waals surface area (Å²) in [7, 11) is 0. The molecule has 2 N–H and O–H groups in total. The van der Waals surface area contributed by atoms with Crippen LogP contribution in [0.3, 0.4) is 0 Å². The fourth-order valence-corrected chi connectivity index (χ4v) is 4.03. The zero-order valence-electron chi connectivity index (χ0n) is 31.4. The van der Waals surface area contributed by atoms with E-state index in [1.54, 1.807) is 0 Å². The summed E-state index contributed by atoms with van der Waals surface area (Å²) in [5, 5.41) is 4.43. The average molecular weight is 507 g/mol. The molecule has 2 aromatic carbocycles. The number of hydrogen-bond acceptors (Lipinski definition) is 6. The molecule has 3 amide bonds. The van der Waals surface area contributed by atoms with Crippen molar-refractivity contribution in [3.63, 3.8) is 0 Å². The minimum absolute atomic E-state index is 0.00962. The minimum Gasteiger partial charge on any atom is -0.381 e. The highest BCUT2D eigenvalue weighted by atomic mass is 19.1. The molecule has 9 heteroatoms. The van der Waals surface area contributed by atoms with E-state index < -0.39 is 85.4 Å². The van der Waals surface area contributed by atoms with Crippen LogP contribution >= 0.6 is 0 Å². The van der Waals surface area contributed by atoms with Crippen molar-refractivity contribution >= 4 is 23.4 Å². The highest BCUT2D eigenvalue weighted by Crippen LogP contribution is 2.32. The zero-order valence-corrected chi connectivity index (χ0v) is 19.4. The second-order valence-corrected chi connectivity index (χ2v) is 8.31. The first kappa shape index (κ1) is 13.9. The number of halogens is 1. The van der Waals surface area contributed by atoms with Crippen LogP contribution in [-0.2, 0) is 33.8 Å². The summed E-state index contributed by atoms with van der Waals surface area (Å²) < 4.78 is 124. The molecule has 3 heterocycles. The van der Waals surface area contributed by atoms with Gasteiger partial charge in [0.25, 0.3) is 5.91 Å². The normalized spacial score (nSPS) is 38.6. The van der Waals surface area contributed by atoms with Crippen LogP contribution in [0.25, 0.3) is 0 Å². The highest BCUT2D eigenvalue weighted by molar-refractivity contribution is 6.06. The zero-order chi connectivity index (χ0) is 36.2. The predicted molar refractivity (Wildman–Crippen MR) is 131 cm³/mol. The van der Waals surface area contributed by atoms with Crippen LogP contribution in [0.2, 0.25) is 0 Å². The Kier molecular flexibility index (Phi) is 3.84. The van der Waals surface area contributed by atoms with Crippen molar-refractivity contribution in [3.05, 3.63) is 64.5 Å². The fraction of sp³-hybridized carbons (Fsp3) is 0.444. The van der Waals surface area contributed by atoms with Crippen molar-refractivity contribution in [2.45, 2.75) is 64.4 Å². The number of anilines is 1. The lowest BCUT2D eigenvalue weighted by Crippen LogP contribution is -2.52. The lowest BCUT2D eigenvalue weighted by molar-refractivity contribution is -0.136. The summed E-state index contributed by atoms with van der Waals surface area (Å²) in [4.78, 5) is 38.3. The number of rotatable bonds is 6. The SMILES string of the molecule is [2H]C([2H])(Nc1cccc2c1C([2H])([2H])N(C1CCC(=O)NC1=O)C2=O)c1cc(C([2H])([2H])N2C([2H])([2H])C([2H])(C)OC([2H])(C)C2([2H])[2H])ccc1F. The van der Waals surface area contributed by atoms with Crippen LogP contribution in [-0.4, -0.2) is 58.7 Å². The Bertz CT molecular complexity index is 1700. The Labute approximate surface area is 226 Å². The molecule has 190 valence electrons. The van der Waals surface area contributed by atoms with Gasteiger partial charge < -0.3 is 15.0 Å². The van der Waals surface area contributed by atoms with Gasteiger partial charge in [-0.3, -0.25) is 24.6 Å². The van der Waals surface area contributed by atoms with Gasteiger partial charge in [0, 0.05) is 69.5 Å². The highest BCUT2D eigenvalue weighted by Gasteiger charge is 2.39. The van der Waals surface area contributed by atoms with Crippen LogP contribution in [0.5, 0.6) is 0 Å². The van der Waals surface area contributed by atoms with Crippen molar-refractivity contribution < 1.29 is 40.0 Å². The first-order chi connectivity index (χ1) is 21.7. The lowest BCUT2D eigenvalue weighted by Gasteiger charge is -2.35. The summed E-state index contributed by atoms with van der Waals surface area (Å²) in [6, 6.07) is 4.55. The molecule has 5 rings (SSSR count). The maximum absolute atomic E-state index is 15.4. The first-order valence-corrected chi connectivity index (χ1v) is 11.1. The molecule has 2 fully saturated rings. The number of carbonyl (C=O) groups is 3. The fourth-order valence-electron chi connectivity index (χ4n) is 4.03. The van der Waals surface area contributed by atoms with Crippen molar-refractivity contribution in [2.75, 3.05) is 18.3 Å². The van der Waals surface area contributed by atoms with Gasteiger partial charge in [-0.25, -0.2) is 4.39 Å². The monoisotopic (exact) mass is 506 g/mol. The third-order valence-electron chi connectivity index (χ3n) is 5.65. The molecule has 3 aliphatic heterocycles. The second-order valence-electron chi connectivity index (χ2n) is 8.31. The number of piperidine rings is 1. The quantitative estimate of drug-likeness (QED) is 0.586. The van der Waals surface area contributed by atoms with Gasteiger partial charge in [-0.15, -0.1) is 0 Å². The molecule has 0 radical (unpaired) electrons. The number of carbonyl (C=O) groups excluding carboxylic acids is 3. The summed E-state index contributed by atoms with van der Waals surface area (Å²) in [5.74, 6) is -3.62. The molecule has 0 saturated carbocycles. The molecular formula is C27H31FN4O4.